The van der Waals surface area contributed by atoms with Gasteiger partial charge in [0, 0.05) is 8.04 Å². The number of benzene rings is 2. The Bertz CT molecular complexity index is 497. The molecule has 0 aliphatic heterocycles. The van der Waals surface area contributed by atoms with E-state index in [1.165, 1.54) is 30.3 Å². The zero-order valence-corrected chi connectivity index (χ0v) is 11.7. The van der Waals surface area contributed by atoms with E-state index < -0.39 is 0 Å². The summed E-state index contributed by atoms with van der Waals surface area (Å²) in [6, 6.07) is 13.2. The second kappa shape index (κ2) is 3.59. The fourth-order valence-corrected chi connectivity index (χ4v) is 3.11. The lowest BCUT2D eigenvalue weighted by Gasteiger charge is -2.01. The van der Waals surface area contributed by atoms with Crippen molar-refractivity contribution in [2.75, 3.05) is 0 Å². The summed E-state index contributed by atoms with van der Waals surface area (Å²) in [5, 5.41) is 0. The van der Waals surface area contributed by atoms with E-state index in [1.807, 2.05) is 0 Å². The maximum atomic E-state index is 3.52. The molecule has 2 heteroatoms. The molecule has 2 aromatic carbocycles. The van der Waals surface area contributed by atoms with Crippen LogP contribution in [0, 0.1) is 3.57 Å². The van der Waals surface area contributed by atoms with Gasteiger partial charge in [-0.15, -0.1) is 0 Å². The highest BCUT2D eigenvalue weighted by Crippen LogP contribution is 2.38. The predicted octanol–water partition coefficient (Wildman–Crippen LogP) is 4.62. The third-order valence-electron chi connectivity index (χ3n) is 2.81. The first-order chi connectivity index (χ1) is 7.24. The van der Waals surface area contributed by atoms with Crippen molar-refractivity contribution in [3.05, 3.63) is 55.6 Å². The zero-order valence-electron chi connectivity index (χ0n) is 7.93. The molecule has 1 aliphatic carbocycles. The highest BCUT2D eigenvalue weighted by Gasteiger charge is 2.17. The molecule has 0 N–H and O–H groups in total. The average Bonchev–Trinajstić information content (AvgIpc) is 2.53. The Labute approximate surface area is 111 Å². The number of hydrogen-bond donors (Lipinski definition) is 0. The van der Waals surface area contributed by atoms with Gasteiger partial charge in [0.1, 0.15) is 0 Å². The Balaban J connectivity index is 2.24. The summed E-state index contributed by atoms with van der Waals surface area (Å²) in [5.74, 6) is 0. The average molecular weight is 371 g/mol. The molecule has 0 bridgehead atoms. The summed E-state index contributed by atoms with van der Waals surface area (Å²) in [6.45, 7) is 0. The first kappa shape index (κ1) is 9.85. The summed E-state index contributed by atoms with van der Waals surface area (Å²) in [6.07, 6.45) is 1.07. The maximum Gasteiger partial charge on any atom is 0.0178 e. The van der Waals surface area contributed by atoms with Crippen LogP contribution in [0.25, 0.3) is 11.1 Å². The normalized spacial score (nSPS) is 12.4. The standard InChI is InChI=1S/C13H8BrI/c14-10-1-3-12-8(6-10)5-9-7-11(15)2-4-13(9)12/h1-4,6-7H,5H2. The Morgan fingerprint density at radius 2 is 1.60 bits per heavy atom. The molecule has 0 amide bonds. The van der Waals surface area contributed by atoms with Crippen LogP contribution in [0.1, 0.15) is 11.1 Å². The SMILES string of the molecule is Brc1ccc2c(c1)Cc1cc(I)ccc1-2. The van der Waals surface area contributed by atoms with Gasteiger partial charge in [-0.25, -0.2) is 0 Å². The molecule has 0 aromatic heterocycles. The lowest BCUT2D eigenvalue weighted by Crippen LogP contribution is -1.80. The summed E-state index contributed by atoms with van der Waals surface area (Å²) >= 11 is 5.89. The van der Waals surface area contributed by atoms with Crippen molar-refractivity contribution < 1.29 is 0 Å². The summed E-state index contributed by atoms with van der Waals surface area (Å²) in [5.41, 5.74) is 5.68. The van der Waals surface area contributed by atoms with E-state index >= 15 is 0 Å². The van der Waals surface area contributed by atoms with Crippen LogP contribution in [0.4, 0.5) is 0 Å². The van der Waals surface area contributed by atoms with Crippen LogP contribution in [0.3, 0.4) is 0 Å². The Hall–Kier alpha value is -0.350. The fraction of sp³-hybridized carbons (Fsp3) is 0.0769. The van der Waals surface area contributed by atoms with Gasteiger partial charge >= 0.3 is 0 Å². The second-order valence-electron chi connectivity index (χ2n) is 3.78. The smallest absolute Gasteiger partial charge is 0.0178 e. The summed E-state index contributed by atoms with van der Waals surface area (Å²) in [7, 11) is 0. The van der Waals surface area contributed by atoms with E-state index in [0.717, 1.165) is 6.42 Å². The maximum absolute atomic E-state index is 3.52. The molecule has 74 valence electrons. The first-order valence-electron chi connectivity index (χ1n) is 4.81. The van der Waals surface area contributed by atoms with Crippen molar-refractivity contribution in [1.82, 2.24) is 0 Å². The van der Waals surface area contributed by atoms with Gasteiger partial charge < -0.3 is 0 Å². The minimum Gasteiger partial charge on any atom is -0.0530 e. The van der Waals surface area contributed by atoms with Crippen LogP contribution in [0.15, 0.2) is 40.9 Å². The number of halogens is 2. The summed E-state index contributed by atoms with van der Waals surface area (Å²) in [4.78, 5) is 0. The molecule has 0 heterocycles. The molecule has 3 rings (SSSR count). The van der Waals surface area contributed by atoms with Gasteiger partial charge in [-0.05, 0) is 75.5 Å². The van der Waals surface area contributed by atoms with Crippen LogP contribution < -0.4 is 0 Å². The highest BCUT2D eigenvalue weighted by molar-refractivity contribution is 14.1. The van der Waals surface area contributed by atoms with E-state index in [1.54, 1.807) is 0 Å². The number of rotatable bonds is 0. The van der Waals surface area contributed by atoms with Crippen molar-refractivity contribution in [2.24, 2.45) is 0 Å². The van der Waals surface area contributed by atoms with E-state index in [9.17, 15) is 0 Å². The molecule has 0 fully saturated rings. The molecule has 0 saturated heterocycles. The lowest BCUT2D eigenvalue weighted by molar-refractivity contribution is 1.25. The van der Waals surface area contributed by atoms with Crippen LogP contribution >= 0.6 is 38.5 Å². The van der Waals surface area contributed by atoms with Gasteiger partial charge in [0.05, 0.1) is 0 Å². The van der Waals surface area contributed by atoms with Crippen molar-refractivity contribution in [3.63, 3.8) is 0 Å². The van der Waals surface area contributed by atoms with Gasteiger partial charge in [0.15, 0.2) is 0 Å². The van der Waals surface area contributed by atoms with Crippen molar-refractivity contribution in [2.45, 2.75) is 6.42 Å². The van der Waals surface area contributed by atoms with E-state index in [4.69, 9.17) is 0 Å². The quantitative estimate of drug-likeness (QED) is 0.506. The molecule has 0 atom stereocenters. The minimum absolute atomic E-state index is 1.07. The van der Waals surface area contributed by atoms with E-state index in [0.29, 0.717) is 0 Å². The van der Waals surface area contributed by atoms with Crippen molar-refractivity contribution in [1.29, 1.82) is 0 Å². The molecule has 0 radical (unpaired) electrons. The largest absolute Gasteiger partial charge is 0.0530 e. The van der Waals surface area contributed by atoms with Gasteiger partial charge in [-0.1, -0.05) is 28.1 Å². The monoisotopic (exact) mass is 370 g/mol. The van der Waals surface area contributed by atoms with Crippen LogP contribution in [0.2, 0.25) is 0 Å². The van der Waals surface area contributed by atoms with E-state index in [-0.39, 0.29) is 0 Å². The molecule has 0 unspecified atom stereocenters. The second-order valence-corrected chi connectivity index (χ2v) is 5.94. The Morgan fingerprint density at radius 3 is 2.40 bits per heavy atom. The Kier molecular flexibility index (Phi) is 2.36. The molecule has 0 spiro atoms. The lowest BCUT2D eigenvalue weighted by atomic mass is 10.1. The van der Waals surface area contributed by atoms with Crippen LogP contribution in [-0.4, -0.2) is 0 Å². The fourth-order valence-electron chi connectivity index (χ4n) is 2.15. The molecule has 2 aromatic rings. The topological polar surface area (TPSA) is 0 Å². The number of fused-ring (bicyclic) bond motifs is 3. The molecule has 15 heavy (non-hydrogen) atoms. The predicted molar refractivity (Wildman–Crippen MR) is 75.1 cm³/mol. The molecule has 0 saturated carbocycles. The van der Waals surface area contributed by atoms with Crippen LogP contribution in [0.5, 0.6) is 0 Å². The number of hydrogen-bond acceptors (Lipinski definition) is 0. The highest BCUT2D eigenvalue weighted by atomic mass is 127. The first-order valence-corrected chi connectivity index (χ1v) is 6.68. The van der Waals surface area contributed by atoms with E-state index in [2.05, 4.69) is 74.9 Å². The Morgan fingerprint density at radius 1 is 0.933 bits per heavy atom. The van der Waals surface area contributed by atoms with Crippen molar-refractivity contribution >= 4 is 38.5 Å². The van der Waals surface area contributed by atoms with Gasteiger partial charge in [-0.2, -0.15) is 0 Å². The van der Waals surface area contributed by atoms with Gasteiger partial charge in [0.25, 0.3) is 0 Å². The third-order valence-corrected chi connectivity index (χ3v) is 3.97. The third kappa shape index (κ3) is 1.64. The molecule has 0 nitrogen and oxygen atoms in total. The minimum atomic E-state index is 1.07. The van der Waals surface area contributed by atoms with Crippen LogP contribution in [-0.2, 0) is 6.42 Å². The molecular weight excluding hydrogens is 363 g/mol. The van der Waals surface area contributed by atoms with Gasteiger partial charge in [-0.3, -0.25) is 0 Å². The summed E-state index contributed by atoms with van der Waals surface area (Å²) < 4.78 is 2.49. The zero-order chi connectivity index (χ0) is 10.4. The van der Waals surface area contributed by atoms with Gasteiger partial charge in [0.2, 0.25) is 0 Å². The van der Waals surface area contributed by atoms with Crippen molar-refractivity contribution in [3.8, 4) is 11.1 Å². The molecular formula is C13H8BrI. The molecule has 1 aliphatic rings.